The molecule has 0 aromatic heterocycles. The number of nitrogens with one attached hydrogen (secondary N) is 1. The average Bonchev–Trinajstić information content (AvgIpc) is 2.68. The minimum Gasteiger partial charge on any atom is -0.388 e. The first-order chi connectivity index (χ1) is 8.21. The van der Waals surface area contributed by atoms with Gasteiger partial charge in [-0.2, -0.15) is 0 Å². The van der Waals surface area contributed by atoms with Gasteiger partial charge in [0.25, 0.3) is 0 Å². The third-order valence-corrected chi connectivity index (χ3v) is 5.66. The van der Waals surface area contributed by atoms with Crippen LogP contribution in [-0.2, 0) is 4.79 Å². The van der Waals surface area contributed by atoms with Crippen LogP contribution in [0.1, 0.15) is 59.8 Å². The number of amides is 1. The maximum atomic E-state index is 12.2. The highest BCUT2D eigenvalue weighted by molar-refractivity contribution is 5.84. The van der Waals surface area contributed by atoms with Gasteiger partial charge in [-0.25, -0.2) is 0 Å². The zero-order valence-electron chi connectivity index (χ0n) is 12.2. The Morgan fingerprint density at radius 3 is 2.06 bits per heavy atom. The van der Waals surface area contributed by atoms with Gasteiger partial charge >= 0.3 is 0 Å². The van der Waals surface area contributed by atoms with Crippen LogP contribution in [-0.4, -0.2) is 23.2 Å². The zero-order valence-corrected chi connectivity index (χ0v) is 12.2. The van der Waals surface area contributed by atoms with Gasteiger partial charge in [-0.1, -0.05) is 47.0 Å². The van der Waals surface area contributed by atoms with Crippen molar-refractivity contribution < 1.29 is 9.90 Å². The van der Waals surface area contributed by atoms with Gasteiger partial charge in [-0.3, -0.25) is 4.79 Å². The van der Waals surface area contributed by atoms with Crippen LogP contribution in [0.4, 0.5) is 0 Å². The Labute approximate surface area is 110 Å². The van der Waals surface area contributed by atoms with Crippen LogP contribution < -0.4 is 5.32 Å². The molecule has 2 N–H and O–H groups in total. The van der Waals surface area contributed by atoms with Crippen molar-refractivity contribution in [3.05, 3.63) is 0 Å². The van der Waals surface area contributed by atoms with E-state index in [4.69, 9.17) is 0 Å². The molecule has 0 heterocycles. The van der Waals surface area contributed by atoms with Crippen molar-refractivity contribution in [2.24, 2.45) is 16.7 Å². The summed E-state index contributed by atoms with van der Waals surface area (Å²) >= 11 is 0. The summed E-state index contributed by atoms with van der Waals surface area (Å²) in [5.41, 5.74) is -0.504. The van der Waals surface area contributed by atoms with Gasteiger partial charge in [0, 0.05) is 12.5 Å². The molecule has 3 nitrogen and oxygen atoms in total. The molecule has 2 aliphatic carbocycles. The second kappa shape index (κ2) is 4.22. The quantitative estimate of drug-likeness (QED) is 0.812. The van der Waals surface area contributed by atoms with E-state index in [-0.39, 0.29) is 22.7 Å². The number of rotatable bonds is 3. The molecular weight excluding hydrogens is 226 g/mol. The molecule has 0 aromatic carbocycles. The van der Waals surface area contributed by atoms with Gasteiger partial charge in [0.2, 0.25) is 5.91 Å². The molecule has 0 unspecified atom stereocenters. The van der Waals surface area contributed by atoms with E-state index in [1.54, 1.807) is 0 Å². The Morgan fingerprint density at radius 2 is 1.61 bits per heavy atom. The second-order valence-electron chi connectivity index (χ2n) is 7.38. The smallest absolute Gasteiger partial charge is 0.224 e. The number of aliphatic hydroxyl groups is 1. The van der Waals surface area contributed by atoms with E-state index in [9.17, 15) is 9.90 Å². The van der Waals surface area contributed by atoms with Crippen LogP contribution in [0, 0.1) is 16.7 Å². The molecule has 104 valence electrons. The molecule has 0 spiro atoms. The summed E-state index contributed by atoms with van der Waals surface area (Å²) in [5, 5.41) is 13.3. The van der Waals surface area contributed by atoms with Crippen molar-refractivity contribution in [2.45, 2.75) is 65.4 Å². The summed E-state index contributed by atoms with van der Waals surface area (Å²) in [6, 6.07) is 0. The van der Waals surface area contributed by atoms with Crippen LogP contribution in [0.2, 0.25) is 0 Å². The van der Waals surface area contributed by atoms with E-state index in [1.165, 1.54) is 6.42 Å². The SMILES string of the molecule is CC1(C)C(C(=O)NCC2(O)CCCCC2)C1(C)C. The van der Waals surface area contributed by atoms with Crippen molar-refractivity contribution in [1.82, 2.24) is 5.32 Å². The highest BCUT2D eigenvalue weighted by Crippen LogP contribution is 2.68. The zero-order chi connectivity index (χ0) is 13.6. The molecule has 0 bridgehead atoms. The second-order valence-corrected chi connectivity index (χ2v) is 7.38. The highest BCUT2D eigenvalue weighted by atomic mass is 16.3. The highest BCUT2D eigenvalue weighted by Gasteiger charge is 2.68. The third-order valence-electron chi connectivity index (χ3n) is 5.66. The van der Waals surface area contributed by atoms with Gasteiger partial charge in [0.15, 0.2) is 0 Å². The van der Waals surface area contributed by atoms with E-state index < -0.39 is 5.60 Å². The third kappa shape index (κ3) is 2.18. The van der Waals surface area contributed by atoms with E-state index in [2.05, 4.69) is 33.0 Å². The van der Waals surface area contributed by atoms with E-state index in [1.807, 2.05) is 0 Å². The number of hydrogen-bond acceptors (Lipinski definition) is 2. The molecule has 0 aromatic rings. The molecule has 0 saturated heterocycles. The monoisotopic (exact) mass is 253 g/mol. The number of carbonyl (C=O) groups excluding carboxylic acids is 1. The summed E-state index contributed by atoms with van der Waals surface area (Å²) < 4.78 is 0. The predicted molar refractivity (Wildman–Crippen MR) is 72.1 cm³/mol. The number of carbonyl (C=O) groups is 1. The van der Waals surface area contributed by atoms with Crippen LogP contribution in [0.15, 0.2) is 0 Å². The first kappa shape index (κ1) is 13.9. The Morgan fingerprint density at radius 1 is 1.11 bits per heavy atom. The molecule has 18 heavy (non-hydrogen) atoms. The van der Waals surface area contributed by atoms with E-state index >= 15 is 0 Å². The van der Waals surface area contributed by atoms with Gasteiger partial charge < -0.3 is 10.4 Å². The Kier molecular flexibility index (Phi) is 3.25. The fraction of sp³-hybridized carbons (Fsp3) is 0.933. The molecule has 2 rings (SSSR count). The predicted octanol–water partition coefficient (Wildman–Crippen LogP) is 2.48. The first-order valence-electron chi connectivity index (χ1n) is 7.21. The molecular formula is C15H27NO2. The molecule has 2 aliphatic rings. The fourth-order valence-corrected chi connectivity index (χ4v) is 3.59. The standard InChI is InChI=1S/C15H27NO2/c1-13(2)11(14(13,3)4)12(17)16-10-15(18)8-6-5-7-9-15/h11,18H,5-10H2,1-4H3,(H,16,17). The molecule has 0 aliphatic heterocycles. The van der Waals surface area contributed by atoms with Crippen molar-refractivity contribution in [3.8, 4) is 0 Å². The minimum atomic E-state index is -0.656. The molecule has 2 fully saturated rings. The molecule has 0 atom stereocenters. The largest absolute Gasteiger partial charge is 0.388 e. The molecule has 1 amide bonds. The fourth-order valence-electron chi connectivity index (χ4n) is 3.59. The van der Waals surface area contributed by atoms with Gasteiger partial charge in [0.05, 0.1) is 5.60 Å². The van der Waals surface area contributed by atoms with Crippen molar-refractivity contribution in [1.29, 1.82) is 0 Å². The summed E-state index contributed by atoms with van der Waals surface area (Å²) in [7, 11) is 0. The lowest BCUT2D eigenvalue weighted by molar-refractivity contribution is -0.125. The normalized spacial score (nSPS) is 28.7. The van der Waals surface area contributed by atoms with Crippen LogP contribution in [0.25, 0.3) is 0 Å². The first-order valence-corrected chi connectivity index (χ1v) is 7.21. The van der Waals surface area contributed by atoms with Gasteiger partial charge in [-0.15, -0.1) is 0 Å². The minimum absolute atomic E-state index is 0.0757. The van der Waals surface area contributed by atoms with Crippen LogP contribution in [0.3, 0.4) is 0 Å². The molecule has 2 saturated carbocycles. The van der Waals surface area contributed by atoms with Crippen molar-refractivity contribution in [2.75, 3.05) is 6.54 Å². The van der Waals surface area contributed by atoms with E-state index in [0.717, 1.165) is 25.7 Å². The van der Waals surface area contributed by atoms with Gasteiger partial charge in [0.1, 0.15) is 0 Å². The maximum absolute atomic E-state index is 12.2. The lowest BCUT2D eigenvalue weighted by Gasteiger charge is -2.32. The lowest BCUT2D eigenvalue weighted by Crippen LogP contribution is -2.45. The van der Waals surface area contributed by atoms with E-state index in [0.29, 0.717) is 6.54 Å². The summed E-state index contributed by atoms with van der Waals surface area (Å²) in [5.74, 6) is 0.196. The molecule has 3 heteroatoms. The molecule has 0 radical (unpaired) electrons. The summed E-state index contributed by atoms with van der Waals surface area (Å²) in [6.07, 6.45) is 5.01. The Bertz CT molecular complexity index is 326. The lowest BCUT2D eigenvalue weighted by atomic mass is 9.85. The average molecular weight is 253 g/mol. The van der Waals surface area contributed by atoms with Gasteiger partial charge in [-0.05, 0) is 23.7 Å². The van der Waals surface area contributed by atoms with Crippen molar-refractivity contribution in [3.63, 3.8) is 0 Å². The van der Waals surface area contributed by atoms with Crippen molar-refractivity contribution >= 4 is 5.91 Å². The summed E-state index contributed by atoms with van der Waals surface area (Å²) in [6.45, 7) is 9.01. The maximum Gasteiger partial charge on any atom is 0.224 e. The topological polar surface area (TPSA) is 49.3 Å². The summed E-state index contributed by atoms with van der Waals surface area (Å²) in [4.78, 5) is 12.2. The van der Waals surface area contributed by atoms with Crippen LogP contribution >= 0.6 is 0 Å². The Balaban J connectivity index is 1.86. The number of hydrogen-bond donors (Lipinski definition) is 2. The van der Waals surface area contributed by atoms with Crippen LogP contribution in [0.5, 0.6) is 0 Å². The Hall–Kier alpha value is -0.570.